The molecule has 1 fully saturated rings. The van der Waals surface area contributed by atoms with Gasteiger partial charge in [-0.25, -0.2) is 4.79 Å². The Bertz CT molecular complexity index is 554. The van der Waals surface area contributed by atoms with Crippen molar-refractivity contribution in [2.75, 3.05) is 33.9 Å². The normalized spacial score (nSPS) is 18.5. The molecule has 1 aromatic carbocycles. The van der Waals surface area contributed by atoms with Crippen LogP contribution in [0.4, 0.5) is 4.79 Å². The highest BCUT2D eigenvalue weighted by molar-refractivity contribution is 5.68. The van der Waals surface area contributed by atoms with E-state index in [0.717, 1.165) is 17.1 Å². The lowest BCUT2D eigenvalue weighted by Crippen LogP contribution is -2.49. The van der Waals surface area contributed by atoms with Gasteiger partial charge in [0.1, 0.15) is 17.1 Å². The Morgan fingerprint density at radius 2 is 2.00 bits per heavy atom. The molecule has 0 radical (unpaired) electrons. The quantitative estimate of drug-likeness (QED) is 0.927. The summed E-state index contributed by atoms with van der Waals surface area (Å²) >= 11 is 0. The van der Waals surface area contributed by atoms with Gasteiger partial charge in [0.2, 0.25) is 0 Å². The molecule has 1 heterocycles. The molecule has 128 valence electrons. The van der Waals surface area contributed by atoms with Gasteiger partial charge in [-0.05, 0) is 32.9 Å². The summed E-state index contributed by atoms with van der Waals surface area (Å²) in [4.78, 5) is 14.0. The number of hydrogen-bond acceptors (Lipinski definition) is 5. The average Bonchev–Trinajstić information content (AvgIpc) is 2.52. The summed E-state index contributed by atoms with van der Waals surface area (Å²) in [6, 6.07) is 5.71. The molecular weight excluding hydrogens is 296 g/mol. The van der Waals surface area contributed by atoms with E-state index in [1.165, 1.54) is 0 Å². The van der Waals surface area contributed by atoms with Gasteiger partial charge in [-0.3, -0.25) is 0 Å². The van der Waals surface area contributed by atoms with Gasteiger partial charge in [-0.15, -0.1) is 0 Å². The third kappa shape index (κ3) is 4.51. The summed E-state index contributed by atoms with van der Waals surface area (Å²) in [5.74, 6) is 1.48. The lowest BCUT2D eigenvalue weighted by molar-refractivity contribution is 0.0194. The van der Waals surface area contributed by atoms with Crippen molar-refractivity contribution >= 4 is 6.09 Å². The minimum absolute atomic E-state index is 0.00266. The Balaban J connectivity index is 2.13. The fraction of sp³-hybridized carbons (Fsp3) is 0.588. The Morgan fingerprint density at radius 1 is 1.26 bits per heavy atom. The van der Waals surface area contributed by atoms with Gasteiger partial charge >= 0.3 is 6.09 Å². The molecule has 6 nitrogen and oxygen atoms in total. The number of rotatable bonds is 3. The molecule has 0 saturated carbocycles. The Morgan fingerprint density at radius 3 is 2.61 bits per heavy atom. The number of hydrogen-bond donors (Lipinski definition) is 1. The van der Waals surface area contributed by atoms with E-state index < -0.39 is 5.60 Å². The van der Waals surface area contributed by atoms with Crippen molar-refractivity contribution in [3.63, 3.8) is 0 Å². The van der Waals surface area contributed by atoms with Crippen LogP contribution in [0, 0.1) is 0 Å². The summed E-state index contributed by atoms with van der Waals surface area (Å²) in [7, 11) is 3.25. The van der Waals surface area contributed by atoms with Gasteiger partial charge in [0.05, 0.1) is 20.3 Å². The maximum atomic E-state index is 12.3. The molecule has 1 aliphatic heterocycles. The molecule has 1 amide bonds. The largest absolute Gasteiger partial charge is 0.497 e. The van der Waals surface area contributed by atoms with E-state index >= 15 is 0 Å². The van der Waals surface area contributed by atoms with Crippen molar-refractivity contribution < 1.29 is 19.0 Å². The van der Waals surface area contributed by atoms with Crippen LogP contribution in [0.5, 0.6) is 11.5 Å². The van der Waals surface area contributed by atoms with Crippen molar-refractivity contribution in [3.05, 3.63) is 23.8 Å². The molecule has 0 bridgehead atoms. The van der Waals surface area contributed by atoms with E-state index in [1.54, 1.807) is 19.1 Å². The van der Waals surface area contributed by atoms with Gasteiger partial charge in [0, 0.05) is 31.3 Å². The third-order valence-corrected chi connectivity index (χ3v) is 3.64. The fourth-order valence-electron chi connectivity index (χ4n) is 2.56. The Hall–Kier alpha value is -1.95. The van der Waals surface area contributed by atoms with Crippen molar-refractivity contribution in [3.8, 4) is 11.5 Å². The van der Waals surface area contributed by atoms with E-state index in [1.807, 2.05) is 39.0 Å². The summed E-state index contributed by atoms with van der Waals surface area (Å²) < 4.78 is 16.2. The number of amides is 1. The standard InChI is InChI=1S/C17H26N2O4/c1-17(2,3)23-16(20)19-9-8-18-14(11-19)13-7-6-12(21-4)10-15(13)22-5/h6-7,10,14,18H,8-9,11H2,1-5H3/t14-/m1/s1. The highest BCUT2D eigenvalue weighted by atomic mass is 16.6. The molecule has 1 aliphatic rings. The summed E-state index contributed by atoms with van der Waals surface area (Å²) in [6.45, 7) is 7.49. The second-order valence-electron chi connectivity index (χ2n) is 6.54. The second kappa shape index (κ2) is 7.08. The minimum atomic E-state index is -0.491. The molecule has 0 spiro atoms. The first-order valence-corrected chi connectivity index (χ1v) is 7.77. The second-order valence-corrected chi connectivity index (χ2v) is 6.54. The number of ether oxygens (including phenoxy) is 3. The van der Waals surface area contributed by atoms with Gasteiger partial charge < -0.3 is 24.4 Å². The molecule has 0 unspecified atom stereocenters. The fourth-order valence-corrected chi connectivity index (χ4v) is 2.56. The van der Waals surface area contributed by atoms with Crippen LogP contribution in [0.2, 0.25) is 0 Å². The predicted octanol–water partition coefficient (Wildman–Crippen LogP) is 2.59. The lowest BCUT2D eigenvalue weighted by atomic mass is 10.0. The Kier molecular flexibility index (Phi) is 5.36. The van der Waals surface area contributed by atoms with Gasteiger partial charge in [-0.1, -0.05) is 0 Å². The molecule has 6 heteroatoms. The van der Waals surface area contributed by atoms with Gasteiger partial charge in [0.25, 0.3) is 0 Å². The van der Waals surface area contributed by atoms with E-state index in [4.69, 9.17) is 14.2 Å². The number of benzene rings is 1. The van der Waals surface area contributed by atoms with Crippen LogP contribution in [-0.4, -0.2) is 50.4 Å². The highest BCUT2D eigenvalue weighted by Crippen LogP contribution is 2.31. The molecule has 1 aromatic rings. The first kappa shape index (κ1) is 17.4. The molecule has 23 heavy (non-hydrogen) atoms. The van der Waals surface area contributed by atoms with Crippen LogP contribution in [0.25, 0.3) is 0 Å². The van der Waals surface area contributed by atoms with Gasteiger partial charge in [-0.2, -0.15) is 0 Å². The zero-order valence-corrected chi connectivity index (χ0v) is 14.5. The zero-order chi connectivity index (χ0) is 17.0. The topological polar surface area (TPSA) is 60.0 Å². The van der Waals surface area contributed by atoms with Crippen LogP contribution in [0.1, 0.15) is 32.4 Å². The molecular formula is C17H26N2O4. The van der Waals surface area contributed by atoms with Crippen molar-refractivity contribution in [1.29, 1.82) is 0 Å². The molecule has 0 aliphatic carbocycles. The van der Waals surface area contributed by atoms with Crippen LogP contribution in [-0.2, 0) is 4.74 Å². The number of nitrogens with zero attached hydrogens (tertiary/aromatic N) is 1. The molecule has 1 atom stereocenters. The monoisotopic (exact) mass is 322 g/mol. The van der Waals surface area contributed by atoms with E-state index in [-0.39, 0.29) is 12.1 Å². The summed E-state index contributed by atoms with van der Waals surface area (Å²) in [5, 5.41) is 3.43. The average molecular weight is 322 g/mol. The highest BCUT2D eigenvalue weighted by Gasteiger charge is 2.29. The van der Waals surface area contributed by atoms with E-state index in [9.17, 15) is 4.79 Å². The molecule has 0 aromatic heterocycles. The SMILES string of the molecule is COc1ccc([C@H]2CN(C(=O)OC(C)(C)C)CCN2)c(OC)c1. The molecule has 1 saturated heterocycles. The smallest absolute Gasteiger partial charge is 0.410 e. The number of carbonyl (C=O) groups excluding carboxylic acids is 1. The number of carbonyl (C=O) groups is 1. The van der Waals surface area contributed by atoms with Crippen LogP contribution in [0.3, 0.4) is 0 Å². The maximum Gasteiger partial charge on any atom is 0.410 e. The summed E-state index contributed by atoms with van der Waals surface area (Å²) in [6.07, 6.45) is -0.281. The van der Waals surface area contributed by atoms with Crippen LogP contribution in [0.15, 0.2) is 18.2 Å². The van der Waals surface area contributed by atoms with Crippen molar-refractivity contribution in [1.82, 2.24) is 10.2 Å². The third-order valence-electron chi connectivity index (χ3n) is 3.64. The summed E-state index contributed by atoms with van der Waals surface area (Å²) in [5.41, 5.74) is 0.511. The zero-order valence-electron chi connectivity index (χ0n) is 14.5. The number of methoxy groups -OCH3 is 2. The van der Waals surface area contributed by atoms with Crippen molar-refractivity contribution in [2.45, 2.75) is 32.4 Å². The lowest BCUT2D eigenvalue weighted by Gasteiger charge is -2.35. The maximum absolute atomic E-state index is 12.3. The minimum Gasteiger partial charge on any atom is -0.497 e. The molecule has 1 N–H and O–H groups in total. The number of nitrogens with one attached hydrogen (secondary N) is 1. The first-order chi connectivity index (χ1) is 10.8. The van der Waals surface area contributed by atoms with Gasteiger partial charge in [0.15, 0.2) is 0 Å². The van der Waals surface area contributed by atoms with E-state index in [2.05, 4.69) is 5.32 Å². The van der Waals surface area contributed by atoms with Crippen LogP contribution < -0.4 is 14.8 Å². The Labute approximate surface area is 137 Å². The van der Waals surface area contributed by atoms with E-state index in [0.29, 0.717) is 19.6 Å². The number of piperazine rings is 1. The first-order valence-electron chi connectivity index (χ1n) is 7.77. The van der Waals surface area contributed by atoms with Crippen molar-refractivity contribution in [2.24, 2.45) is 0 Å². The molecule has 2 rings (SSSR count). The predicted molar refractivity (Wildman–Crippen MR) is 88.1 cm³/mol. The van der Waals surface area contributed by atoms with Crippen LogP contribution >= 0.6 is 0 Å².